The molecule has 4 aromatic rings. The molecule has 0 saturated heterocycles. The third-order valence-corrected chi connectivity index (χ3v) is 5.63. The highest BCUT2D eigenvalue weighted by atomic mass is 14.9. The van der Waals surface area contributed by atoms with Crippen LogP contribution in [0.3, 0.4) is 0 Å². The Bertz CT molecular complexity index is 1240. The van der Waals surface area contributed by atoms with Crippen LogP contribution in [-0.2, 0) is 13.5 Å². The molecule has 0 bridgehead atoms. The molecule has 2 nitrogen and oxygen atoms in total. The van der Waals surface area contributed by atoms with Crippen LogP contribution in [0.15, 0.2) is 66.7 Å². The Labute approximate surface area is 166 Å². The van der Waals surface area contributed by atoms with Gasteiger partial charge in [-0.05, 0) is 55.2 Å². The number of nitrogens with zero attached hydrogens (tertiary/aromatic N) is 2. The fraction of sp³-hybridized carbons (Fsp3) is 0.231. The highest BCUT2D eigenvalue weighted by Crippen LogP contribution is 2.32. The van der Waals surface area contributed by atoms with Crippen LogP contribution in [0.4, 0.5) is 0 Å². The monoisotopic (exact) mass is 365 g/mol. The van der Waals surface area contributed by atoms with Crippen molar-refractivity contribution >= 4 is 21.7 Å². The van der Waals surface area contributed by atoms with Crippen LogP contribution < -0.4 is 4.57 Å². The number of aryl methyl sites for hydroxylation is 2. The molecule has 0 radical (unpaired) electrons. The van der Waals surface area contributed by atoms with Crippen LogP contribution >= 0.6 is 0 Å². The van der Waals surface area contributed by atoms with Crippen LogP contribution in [0.5, 0.6) is 0 Å². The van der Waals surface area contributed by atoms with Crippen molar-refractivity contribution in [1.29, 1.82) is 5.26 Å². The van der Waals surface area contributed by atoms with Gasteiger partial charge in [-0.15, -0.1) is 0 Å². The van der Waals surface area contributed by atoms with E-state index in [0.717, 1.165) is 6.42 Å². The number of fused-ring (bicyclic) bond motifs is 2. The molecule has 0 amide bonds. The summed E-state index contributed by atoms with van der Waals surface area (Å²) in [5.74, 6) is 0. The lowest BCUT2D eigenvalue weighted by Gasteiger charge is -2.16. The molecule has 0 unspecified atom stereocenters. The molecule has 28 heavy (non-hydrogen) atoms. The number of rotatable bonds is 3. The van der Waals surface area contributed by atoms with Gasteiger partial charge in [-0.25, -0.2) is 0 Å². The standard InChI is InChI=1S/C26H25N2/c1-18-12-13-19-8-5-6-10-22(19)25(18)24-15-14-21-20(16-26(2,3)17-27)9-7-11-23(21)28(24)4/h5-15H,16H2,1-4H3/q+1. The highest BCUT2D eigenvalue weighted by molar-refractivity contribution is 5.97. The van der Waals surface area contributed by atoms with Crippen molar-refractivity contribution in [1.82, 2.24) is 0 Å². The van der Waals surface area contributed by atoms with E-state index in [1.165, 1.54) is 44.1 Å². The van der Waals surface area contributed by atoms with Gasteiger partial charge in [0.1, 0.15) is 7.05 Å². The van der Waals surface area contributed by atoms with Gasteiger partial charge in [-0.1, -0.05) is 48.5 Å². The van der Waals surface area contributed by atoms with E-state index >= 15 is 0 Å². The summed E-state index contributed by atoms with van der Waals surface area (Å²) in [6.45, 7) is 6.18. The third-order valence-electron chi connectivity index (χ3n) is 5.63. The summed E-state index contributed by atoms with van der Waals surface area (Å²) in [6, 6.07) is 26.2. The average Bonchev–Trinajstić information content (AvgIpc) is 2.69. The Morgan fingerprint density at radius 1 is 0.893 bits per heavy atom. The first-order chi connectivity index (χ1) is 13.4. The molecule has 0 aliphatic heterocycles. The molecule has 0 aliphatic carbocycles. The van der Waals surface area contributed by atoms with Crippen molar-refractivity contribution in [2.45, 2.75) is 27.2 Å². The Hall–Kier alpha value is -3.18. The molecule has 0 atom stereocenters. The van der Waals surface area contributed by atoms with E-state index in [2.05, 4.69) is 91.3 Å². The predicted molar refractivity (Wildman–Crippen MR) is 116 cm³/mol. The molecule has 0 fully saturated rings. The third kappa shape index (κ3) is 3.04. The highest BCUT2D eigenvalue weighted by Gasteiger charge is 2.22. The van der Waals surface area contributed by atoms with Gasteiger partial charge in [-0.2, -0.15) is 9.83 Å². The van der Waals surface area contributed by atoms with Crippen LogP contribution in [0.2, 0.25) is 0 Å². The molecule has 1 aromatic heterocycles. The smallest absolute Gasteiger partial charge is 0.198 e. The number of aromatic nitrogens is 1. The van der Waals surface area contributed by atoms with Crippen LogP contribution in [0, 0.1) is 23.7 Å². The van der Waals surface area contributed by atoms with Crippen molar-refractivity contribution in [3.05, 3.63) is 77.9 Å². The summed E-state index contributed by atoms with van der Waals surface area (Å²) in [7, 11) is 2.14. The van der Waals surface area contributed by atoms with Crippen molar-refractivity contribution in [3.63, 3.8) is 0 Å². The zero-order valence-electron chi connectivity index (χ0n) is 17.0. The van der Waals surface area contributed by atoms with E-state index in [1.54, 1.807) is 0 Å². The van der Waals surface area contributed by atoms with E-state index in [-0.39, 0.29) is 5.41 Å². The molecule has 4 rings (SSSR count). The molecular weight excluding hydrogens is 340 g/mol. The number of hydrogen-bond acceptors (Lipinski definition) is 1. The van der Waals surface area contributed by atoms with Crippen LogP contribution in [-0.4, -0.2) is 0 Å². The first kappa shape index (κ1) is 18.2. The lowest BCUT2D eigenvalue weighted by atomic mass is 9.86. The van der Waals surface area contributed by atoms with E-state index < -0.39 is 0 Å². The number of pyridine rings is 1. The van der Waals surface area contributed by atoms with Gasteiger partial charge in [0.2, 0.25) is 11.2 Å². The van der Waals surface area contributed by atoms with Crippen molar-refractivity contribution < 1.29 is 4.57 Å². The lowest BCUT2D eigenvalue weighted by molar-refractivity contribution is -0.633. The molecule has 1 heterocycles. The first-order valence-corrected chi connectivity index (χ1v) is 9.72. The van der Waals surface area contributed by atoms with Crippen LogP contribution in [0.1, 0.15) is 25.0 Å². The molecule has 0 spiro atoms. The van der Waals surface area contributed by atoms with Gasteiger partial charge < -0.3 is 0 Å². The molecular formula is C26H25N2+. The zero-order chi connectivity index (χ0) is 19.9. The quantitative estimate of drug-likeness (QED) is 0.416. The molecule has 0 aliphatic rings. The Balaban J connectivity index is 1.96. The summed E-state index contributed by atoms with van der Waals surface area (Å²) in [5.41, 5.74) is 5.80. The van der Waals surface area contributed by atoms with Crippen molar-refractivity contribution in [2.24, 2.45) is 12.5 Å². The van der Waals surface area contributed by atoms with E-state index in [1.807, 2.05) is 13.8 Å². The van der Waals surface area contributed by atoms with Gasteiger partial charge in [-0.3, -0.25) is 0 Å². The lowest BCUT2D eigenvalue weighted by Crippen LogP contribution is -2.32. The van der Waals surface area contributed by atoms with Gasteiger partial charge in [0.25, 0.3) is 0 Å². The summed E-state index contributed by atoms with van der Waals surface area (Å²) in [6.07, 6.45) is 0.744. The minimum Gasteiger partial charge on any atom is -0.198 e. The molecule has 2 heteroatoms. The maximum absolute atomic E-state index is 9.45. The van der Waals surface area contributed by atoms with Gasteiger partial charge in [0.05, 0.1) is 17.0 Å². The van der Waals surface area contributed by atoms with Crippen molar-refractivity contribution in [3.8, 4) is 17.3 Å². The number of nitriles is 1. The normalized spacial score (nSPS) is 11.7. The van der Waals surface area contributed by atoms with Gasteiger partial charge >= 0.3 is 0 Å². The largest absolute Gasteiger partial charge is 0.213 e. The summed E-state index contributed by atoms with van der Waals surface area (Å²) < 4.78 is 2.28. The second-order valence-electron chi connectivity index (χ2n) is 8.28. The summed E-state index contributed by atoms with van der Waals surface area (Å²) >= 11 is 0. The Morgan fingerprint density at radius 2 is 1.68 bits per heavy atom. The topological polar surface area (TPSA) is 27.7 Å². The average molecular weight is 366 g/mol. The summed E-state index contributed by atoms with van der Waals surface area (Å²) in [5, 5.41) is 13.2. The predicted octanol–water partition coefficient (Wildman–Crippen LogP) is 5.89. The maximum atomic E-state index is 9.45. The summed E-state index contributed by atoms with van der Waals surface area (Å²) in [4.78, 5) is 0. The minimum absolute atomic E-state index is 0.377. The first-order valence-electron chi connectivity index (χ1n) is 9.72. The van der Waals surface area contributed by atoms with Gasteiger partial charge in [0.15, 0.2) is 0 Å². The SMILES string of the molecule is Cc1ccc2ccccc2c1-c1ccc2c(CC(C)(C)C#N)cccc2[n+]1C. The van der Waals surface area contributed by atoms with E-state index in [4.69, 9.17) is 0 Å². The molecule has 138 valence electrons. The second kappa shape index (κ2) is 6.77. The van der Waals surface area contributed by atoms with Crippen LogP contribution in [0.25, 0.3) is 32.9 Å². The Kier molecular flexibility index (Phi) is 4.40. The van der Waals surface area contributed by atoms with E-state index in [9.17, 15) is 5.26 Å². The van der Waals surface area contributed by atoms with Gasteiger partial charge in [0, 0.05) is 17.5 Å². The zero-order valence-corrected chi connectivity index (χ0v) is 17.0. The van der Waals surface area contributed by atoms with E-state index in [0.29, 0.717) is 0 Å². The second-order valence-corrected chi connectivity index (χ2v) is 8.28. The van der Waals surface area contributed by atoms with Crippen molar-refractivity contribution in [2.75, 3.05) is 0 Å². The number of benzene rings is 3. The Morgan fingerprint density at radius 3 is 2.46 bits per heavy atom. The minimum atomic E-state index is -0.377. The molecule has 0 saturated carbocycles. The number of hydrogen-bond donors (Lipinski definition) is 0. The molecule has 3 aromatic carbocycles. The fourth-order valence-electron chi connectivity index (χ4n) is 4.13. The maximum Gasteiger partial charge on any atom is 0.213 e. The fourth-order valence-corrected chi connectivity index (χ4v) is 4.13. The molecule has 0 N–H and O–H groups in total.